The molecule has 3 aromatic rings. The fraction of sp³-hybridized carbons (Fsp3) is 0.0625. The molecule has 0 radical (unpaired) electrons. The van der Waals surface area contributed by atoms with Crippen LogP contribution in [0.5, 0.6) is 0 Å². The van der Waals surface area contributed by atoms with Crippen molar-refractivity contribution in [3.05, 3.63) is 63.5 Å². The number of fused-ring (bicyclic) bond motifs is 1. The van der Waals surface area contributed by atoms with Gasteiger partial charge in [-0.25, -0.2) is 14.8 Å². The predicted molar refractivity (Wildman–Crippen MR) is 90.1 cm³/mol. The third-order valence-electron chi connectivity index (χ3n) is 3.61. The number of cyclic esters (lactones) is 1. The first kappa shape index (κ1) is 16.8. The lowest BCUT2D eigenvalue weighted by atomic mass is 10.1. The van der Waals surface area contributed by atoms with Crippen molar-refractivity contribution in [2.45, 2.75) is 6.18 Å². The molecule has 0 spiro atoms. The molecule has 1 aliphatic heterocycles. The average Bonchev–Trinajstić information content (AvgIpc) is 3.25. The van der Waals surface area contributed by atoms with Crippen molar-refractivity contribution < 1.29 is 22.7 Å². The summed E-state index contributed by atoms with van der Waals surface area (Å²) in [5, 5.41) is 2.01. The van der Waals surface area contributed by atoms with Crippen LogP contribution in [0.25, 0.3) is 11.0 Å². The van der Waals surface area contributed by atoms with Gasteiger partial charge < -0.3 is 4.74 Å². The molecule has 0 saturated carbocycles. The van der Waals surface area contributed by atoms with Gasteiger partial charge in [-0.1, -0.05) is 11.6 Å². The van der Waals surface area contributed by atoms with Crippen LogP contribution < -0.4 is 0 Å². The minimum absolute atomic E-state index is 0.0187. The number of benzene rings is 1. The zero-order valence-electron chi connectivity index (χ0n) is 12.6. The number of imidazole rings is 1. The SMILES string of the molecule is O=C1OC(c2ccc(C(F)(F)F)cc2)=NC1=Cc1c(Cl)nc2sccn12. The third-order valence-corrected chi connectivity index (χ3v) is 4.64. The second-order valence-electron chi connectivity index (χ2n) is 5.25. The first-order valence-corrected chi connectivity index (χ1v) is 8.40. The predicted octanol–water partition coefficient (Wildman–Crippen LogP) is 4.41. The molecule has 2 aromatic heterocycles. The van der Waals surface area contributed by atoms with E-state index in [1.165, 1.54) is 29.5 Å². The molecule has 4 rings (SSSR count). The number of thiazole rings is 1. The highest BCUT2D eigenvalue weighted by molar-refractivity contribution is 7.15. The summed E-state index contributed by atoms with van der Waals surface area (Å²) in [5.41, 5.74) is -0.0928. The number of hydrogen-bond acceptors (Lipinski definition) is 5. The second-order valence-corrected chi connectivity index (χ2v) is 6.49. The summed E-state index contributed by atoms with van der Waals surface area (Å²) in [4.78, 5) is 20.9. The number of halogens is 4. The van der Waals surface area contributed by atoms with Gasteiger partial charge >= 0.3 is 12.1 Å². The molecule has 0 amide bonds. The molecule has 0 N–H and O–H groups in total. The number of carbonyl (C=O) groups excluding carboxylic acids is 1. The van der Waals surface area contributed by atoms with Gasteiger partial charge in [0.05, 0.1) is 11.3 Å². The zero-order chi connectivity index (χ0) is 18.5. The molecule has 10 heteroatoms. The molecular formula is C16H7ClF3N3O2S. The Bertz CT molecular complexity index is 1080. The quantitative estimate of drug-likeness (QED) is 0.475. The molecule has 0 atom stereocenters. The van der Waals surface area contributed by atoms with Gasteiger partial charge in [0.1, 0.15) is 0 Å². The standard InChI is InChI=1S/C16H7ClF3N3O2S/c17-12-11(23-5-6-26-15(23)22-12)7-10-14(24)25-13(21-10)8-1-3-9(4-2-8)16(18,19)20/h1-7H. The maximum Gasteiger partial charge on any atom is 0.416 e. The molecule has 0 unspecified atom stereocenters. The van der Waals surface area contributed by atoms with Gasteiger partial charge in [-0.05, 0) is 30.3 Å². The Labute approximate surface area is 153 Å². The lowest BCUT2D eigenvalue weighted by Gasteiger charge is -2.06. The molecule has 3 heterocycles. The van der Waals surface area contributed by atoms with E-state index >= 15 is 0 Å². The second kappa shape index (κ2) is 5.96. The van der Waals surface area contributed by atoms with E-state index in [1.807, 2.05) is 5.38 Å². The zero-order valence-corrected chi connectivity index (χ0v) is 14.2. The van der Waals surface area contributed by atoms with E-state index in [0.717, 1.165) is 12.1 Å². The molecule has 1 aromatic carbocycles. The Morgan fingerprint density at radius 3 is 2.65 bits per heavy atom. The van der Waals surface area contributed by atoms with Gasteiger partial charge in [0.2, 0.25) is 5.90 Å². The lowest BCUT2D eigenvalue weighted by Crippen LogP contribution is -2.08. The highest BCUT2D eigenvalue weighted by atomic mass is 35.5. The van der Waals surface area contributed by atoms with Gasteiger partial charge in [0.25, 0.3) is 0 Å². The van der Waals surface area contributed by atoms with E-state index in [4.69, 9.17) is 16.3 Å². The largest absolute Gasteiger partial charge is 0.416 e. The Balaban J connectivity index is 1.69. The van der Waals surface area contributed by atoms with E-state index in [2.05, 4.69) is 9.98 Å². The molecule has 0 bridgehead atoms. The molecule has 1 aliphatic rings. The highest BCUT2D eigenvalue weighted by Crippen LogP contribution is 2.30. The summed E-state index contributed by atoms with van der Waals surface area (Å²) in [6.45, 7) is 0. The van der Waals surface area contributed by atoms with E-state index in [9.17, 15) is 18.0 Å². The van der Waals surface area contributed by atoms with Crippen LogP contribution in [-0.4, -0.2) is 21.3 Å². The van der Waals surface area contributed by atoms with Crippen molar-refractivity contribution in [1.82, 2.24) is 9.38 Å². The molecule has 5 nitrogen and oxygen atoms in total. The topological polar surface area (TPSA) is 56.0 Å². The van der Waals surface area contributed by atoms with Gasteiger partial charge in [-0.15, -0.1) is 11.3 Å². The number of esters is 1. The number of hydrogen-bond donors (Lipinski definition) is 0. The van der Waals surface area contributed by atoms with Crippen molar-refractivity contribution >= 4 is 45.8 Å². The van der Waals surface area contributed by atoms with Crippen LogP contribution in [0.3, 0.4) is 0 Å². The summed E-state index contributed by atoms with van der Waals surface area (Å²) in [6, 6.07) is 4.19. The monoisotopic (exact) mass is 397 g/mol. The Morgan fingerprint density at radius 2 is 1.96 bits per heavy atom. The van der Waals surface area contributed by atoms with Crippen LogP contribution in [0.15, 0.2) is 46.5 Å². The maximum atomic E-state index is 12.6. The van der Waals surface area contributed by atoms with E-state index in [-0.39, 0.29) is 22.3 Å². The number of carbonyl (C=O) groups is 1. The van der Waals surface area contributed by atoms with E-state index < -0.39 is 17.7 Å². The lowest BCUT2D eigenvalue weighted by molar-refractivity contribution is -0.137. The summed E-state index contributed by atoms with van der Waals surface area (Å²) in [6.07, 6.45) is -1.27. The summed E-state index contributed by atoms with van der Waals surface area (Å²) in [5.74, 6) is -0.793. The van der Waals surface area contributed by atoms with Gasteiger partial charge in [-0.3, -0.25) is 4.40 Å². The molecule has 0 saturated heterocycles. The molecule has 26 heavy (non-hydrogen) atoms. The Kier molecular flexibility index (Phi) is 3.85. The maximum absolute atomic E-state index is 12.6. The normalized spacial score (nSPS) is 16.4. The van der Waals surface area contributed by atoms with Crippen LogP contribution in [0.4, 0.5) is 13.2 Å². The van der Waals surface area contributed by atoms with Crippen molar-refractivity contribution in [3.8, 4) is 0 Å². The van der Waals surface area contributed by atoms with Crippen LogP contribution in [0.2, 0.25) is 5.15 Å². The minimum Gasteiger partial charge on any atom is -0.402 e. The first-order chi connectivity index (χ1) is 12.3. The number of rotatable bonds is 2. The number of aromatic nitrogens is 2. The van der Waals surface area contributed by atoms with E-state index in [1.54, 1.807) is 10.6 Å². The van der Waals surface area contributed by atoms with Crippen LogP contribution >= 0.6 is 22.9 Å². The average molecular weight is 398 g/mol. The summed E-state index contributed by atoms with van der Waals surface area (Å²) < 4.78 is 44.6. The fourth-order valence-corrected chi connectivity index (χ4v) is 3.37. The molecule has 0 aliphatic carbocycles. The molecule has 132 valence electrons. The molecular weight excluding hydrogens is 391 g/mol. The van der Waals surface area contributed by atoms with Crippen LogP contribution in [0.1, 0.15) is 16.8 Å². The van der Waals surface area contributed by atoms with Gasteiger partial charge in [-0.2, -0.15) is 13.2 Å². The molecule has 0 fully saturated rings. The van der Waals surface area contributed by atoms with E-state index in [0.29, 0.717) is 10.7 Å². The smallest absolute Gasteiger partial charge is 0.402 e. The Hall–Kier alpha value is -2.65. The van der Waals surface area contributed by atoms with Gasteiger partial charge in [0.15, 0.2) is 15.8 Å². The third kappa shape index (κ3) is 2.89. The summed E-state index contributed by atoms with van der Waals surface area (Å²) in [7, 11) is 0. The minimum atomic E-state index is -4.44. The van der Waals surface area contributed by atoms with Crippen molar-refractivity contribution in [2.24, 2.45) is 4.99 Å². The van der Waals surface area contributed by atoms with Crippen molar-refractivity contribution in [2.75, 3.05) is 0 Å². The van der Waals surface area contributed by atoms with Crippen molar-refractivity contribution in [1.29, 1.82) is 0 Å². The van der Waals surface area contributed by atoms with Crippen LogP contribution in [-0.2, 0) is 15.7 Å². The number of aliphatic imine (C=N–C) groups is 1. The Morgan fingerprint density at radius 1 is 1.23 bits per heavy atom. The number of nitrogens with zero attached hydrogens (tertiary/aromatic N) is 3. The van der Waals surface area contributed by atoms with Crippen LogP contribution in [0, 0.1) is 0 Å². The fourth-order valence-electron chi connectivity index (χ4n) is 2.37. The first-order valence-electron chi connectivity index (χ1n) is 7.14. The number of alkyl halides is 3. The van der Waals surface area contributed by atoms with Crippen molar-refractivity contribution in [3.63, 3.8) is 0 Å². The summed E-state index contributed by atoms with van der Waals surface area (Å²) >= 11 is 7.45. The number of ether oxygens (including phenoxy) is 1. The highest BCUT2D eigenvalue weighted by Gasteiger charge is 2.31. The van der Waals surface area contributed by atoms with Gasteiger partial charge in [0, 0.05) is 17.1 Å².